The zero-order valence-corrected chi connectivity index (χ0v) is 13.5. The van der Waals surface area contributed by atoms with Crippen molar-refractivity contribution in [3.8, 4) is 11.4 Å². The third kappa shape index (κ3) is 3.18. The number of pyridine rings is 1. The smallest absolute Gasteiger partial charge is 0.270 e. The van der Waals surface area contributed by atoms with Crippen molar-refractivity contribution >= 4 is 11.7 Å². The molecule has 0 bridgehead atoms. The Morgan fingerprint density at radius 3 is 2.96 bits per heavy atom. The molecule has 1 aliphatic heterocycles. The predicted molar refractivity (Wildman–Crippen MR) is 92.1 cm³/mol. The van der Waals surface area contributed by atoms with E-state index in [2.05, 4.69) is 35.6 Å². The van der Waals surface area contributed by atoms with Gasteiger partial charge in [0.1, 0.15) is 11.5 Å². The van der Waals surface area contributed by atoms with Crippen molar-refractivity contribution in [1.29, 1.82) is 0 Å². The molecule has 0 atom stereocenters. The molecular formula is C17H17N7O. The Morgan fingerprint density at radius 2 is 2.16 bits per heavy atom. The lowest BCUT2D eigenvalue weighted by Gasteiger charge is -2.20. The number of aromatic nitrogens is 5. The highest BCUT2D eigenvalue weighted by Crippen LogP contribution is 2.24. The number of nitrogens with zero attached hydrogens (tertiary/aromatic N) is 4. The van der Waals surface area contributed by atoms with Gasteiger partial charge in [0.2, 0.25) is 0 Å². The topological polar surface area (TPSA) is 108 Å². The molecule has 8 nitrogen and oxygen atoms in total. The summed E-state index contributed by atoms with van der Waals surface area (Å²) in [7, 11) is 0. The molecule has 0 aromatic carbocycles. The van der Waals surface area contributed by atoms with E-state index in [1.807, 2.05) is 12.1 Å². The second kappa shape index (κ2) is 6.68. The summed E-state index contributed by atoms with van der Waals surface area (Å²) in [6, 6.07) is 3.70. The first kappa shape index (κ1) is 15.3. The molecule has 4 rings (SSSR count). The van der Waals surface area contributed by atoms with Gasteiger partial charge >= 0.3 is 0 Å². The van der Waals surface area contributed by atoms with Gasteiger partial charge in [0.05, 0.1) is 6.33 Å². The summed E-state index contributed by atoms with van der Waals surface area (Å²) in [5.74, 6) is 1.04. The number of carbonyl (C=O) groups excluding carboxylic acids is 1. The van der Waals surface area contributed by atoms with Gasteiger partial charge in [-0.2, -0.15) is 0 Å². The minimum absolute atomic E-state index is 0.162. The summed E-state index contributed by atoms with van der Waals surface area (Å²) in [6.07, 6.45) is 8.33. The minimum atomic E-state index is -0.162. The van der Waals surface area contributed by atoms with Gasteiger partial charge in [0, 0.05) is 54.9 Å². The first-order chi connectivity index (χ1) is 12.3. The number of hydrogen-bond donors (Lipinski definition) is 3. The molecule has 0 aliphatic carbocycles. The SMILES string of the molecule is O=C1NCCc2c(NCCc3cnc[nH]3)nc(-c3cccnc3)nc21. The maximum atomic E-state index is 12.2. The van der Waals surface area contributed by atoms with Gasteiger partial charge in [-0.1, -0.05) is 0 Å². The van der Waals surface area contributed by atoms with Crippen LogP contribution >= 0.6 is 0 Å². The fourth-order valence-corrected chi connectivity index (χ4v) is 2.80. The summed E-state index contributed by atoms with van der Waals surface area (Å²) in [4.78, 5) is 32.5. The van der Waals surface area contributed by atoms with Gasteiger partial charge < -0.3 is 15.6 Å². The molecular weight excluding hydrogens is 318 g/mol. The third-order valence-corrected chi connectivity index (χ3v) is 4.04. The van der Waals surface area contributed by atoms with Gasteiger partial charge in [-0.25, -0.2) is 15.0 Å². The van der Waals surface area contributed by atoms with Crippen LogP contribution in [-0.4, -0.2) is 43.9 Å². The van der Waals surface area contributed by atoms with E-state index in [1.165, 1.54) is 0 Å². The number of rotatable bonds is 5. The van der Waals surface area contributed by atoms with Crippen LogP contribution in [0.1, 0.15) is 21.7 Å². The molecule has 1 aliphatic rings. The zero-order chi connectivity index (χ0) is 17.1. The van der Waals surface area contributed by atoms with Crippen molar-refractivity contribution in [3.05, 3.63) is 54.0 Å². The standard InChI is InChI=1S/C17H17N7O/c25-17-14-13(4-7-21-17)16(20-6-3-12-9-19-10-22-12)24-15(23-14)11-2-1-5-18-8-11/h1-2,5,8-10H,3-4,6-7H2,(H,19,22)(H,21,25)(H,20,23,24). The van der Waals surface area contributed by atoms with E-state index in [0.29, 0.717) is 36.8 Å². The lowest BCUT2D eigenvalue weighted by atomic mass is 10.1. The Labute approximate surface area is 144 Å². The number of carbonyl (C=O) groups is 1. The average molecular weight is 335 g/mol. The first-order valence-corrected chi connectivity index (χ1v) is 8.12. The summed E-state index contributed by atoms with van der Waals surface area (Å²) in [5, 5.41) is 6.18. The van der Waals surface area contributed by atoms with Crippen LogP contribution in [0.2, 0.25) is 0 Å². The molecule has 126 valence electrons. The quantitative estimate of drug-likeness (QED) is 0.646. The molecule has 1 amide bonds. The number of aromatic amines is 1. The number of fused-ring (bicyclic) bond motifs is 1. The van der Waals surface area contributed by atoms with Gasteiger partial charge in [-0.15, -0.1) is 0 Å². The molecule has 3 aromatic rings. The van der Waals surface area contributed by atoms with Crippen LogP contribution in [0.25, 0.3) is 11.4 Å². The zero-order valence-electron chi connectivity index (χ0n) is 13.5. The first-order valence-electron chi connectivity index (χ1n) is 8.12. The number of amides is 1. The molecule has 3 N–H and O–H groups in total. The fraction of sp³-hybridized carbons (Fsp3) is 0.235. The number of nitrogens with one attached hydrogen (secondary N) is 3. The van der Waals surface area contributed by atoms with Crippen molar-refractivity contribution < 1.29 is 4.79 Å². The Balaban J connectivity index is 1.66. The molecule has 25 heavy (non-hydrogen) atoms. The molecule has 0 fully saturated rings. The number of hydrogen-bond acceptors (Lipinski definition) is 6. The van der Waals surface area contributed by atoms with Crippen molar-refractivity contribution in [2.45, 2.75) is 12.8 Å². The van der Waals surface area contributed by atoms with Crippen LogP contribution in [0.3, 0.4) is 0 Å². The van der Waals surface area contributed by atoms with E-state index < -0.39 is 0 Å². The lowest BCUT2D eigenvalue weighted by Crippen LogP contribution is -2.34. The van der Waals surface area contributed by atoms with Crippen molar-refractivity contribution in [3.63, 3.8) is 0 Å². The average Bonchev–Trinajstić information content (AvgIpc) is 3.16. The van der Waals surface area contributed by atoms with E-state index in [0.717, 1.165) is 23.2 Å². The van der Waals surface area contributed by atoms with Crippen LogP contribution in [0.5, 0.6) is 0 Å². The fourth-order valence-electron chi connectivity index (χ4n) is 2.80. The van der Waals surface area contributed by atoms with Gasteiger partial charge in [0.25, 0.3) is 5.91 Å². The molecule has 0 radical (unpaired) electrons. The maximum absolute atomic E-state index is 12.2. The van der Waals surface area contributed by atoms with E-state index >= 15 is 0 Å². The van der Waals surface area contributed by atoms with Crippen LogP contribution < -0.4 is 10.6 Å². The summed E-state index contributed by atoms with van der Waals surface area (Å²) < 4.78 is 0. The summed E-state index contributed by atoms with van der Waals surface area (Å²) >= 11 is 0. The third-order valence-electron chi connectivity index (χ3n) is 4.04. The van der Waals surface area contributed by atoms with Crippen molar-refractivity contribution in [1.82, 2.24) is 30.2 Å². The van der Waals surface area contributed by atoms with Crippen LogP contribution in [0, 0.1) is 0 Å². The molecule has 4 heterocycles. The molecule has 0 saturated heterocycles. The highest BCUT2D eigenvalue weighted by atomic mass is 16.1. The van der Waals surface area contributed by atoms with Crippen molar-refractivity contribution in [2.24, 2.45) is 0 Å². The molecule has 0 spiro atoms. The lowest BCUT2D eigenvalue weighted by molar-refractivity contribution is 0.0940. The van der Waals surface area contributed by atoms with Gasteiger partial charge in [0.15, 0.2) is 5.82 Å². The monoisotopic (exact) mass is 335 g/mol. The van der Waals surface area contributed by atoms with Crippen LogP contribution in [0.15, 0.2) is 37.1 Å². The Morgan fingerprint density at radius 1 is 1.20 bits per heavy atom. The number of imidazole rings is 1. The van der Waals surface area contributed by atoms with E-state index in [9.17, 15) is 4.79 Å². The second-order valence-corrected chi connectivity index (χ2v) is 5.72. The van der Waals surface area contributed by atoms with Gasteiger partial charge in [-0.05, 0) is 18.6 Å². The van der Waals surface area contributed by atoms with Gasteiger partial charge in [-0.3, -0.25) is 9.78 Å². The molecule has 8 heteroatoms. The molecule has 3 aromatic heterocycles. The number of H-pyrrole nitrogens is 1. The van der Waals surface area contributed by atoms with E-state index in [4.69, 9.17) is 0 Å². The normalized spacial score (nSPS) is 13.2. The Kier molecular flexibility index (Phi) is 4.07. The minimum Gasteiger partial charge on any atom is -0.369 e. The van der Waals surface area contributed by atoms with E-state index in [1.54, 1.807) is 24.9 Å². The van der Waals surface area contributed by atoms with Crippen LogP contribution in [0.4, 0.5) is 5.82 Å². The largest absolute Gasteiger partial charge is 0.369 e. The molecule has 0 unspecified atom stereocenters. The van der Waals surface area contributed by atoms with Crippen molar-refractivity contribution in [2.75, 3.05) is 18.4 Å². The summed E-state index contributed by atoms with van der Waals surface area (Å²) in [5.41, 5.74) is 3.12. The van der Waals surface area contributed by atoms with Crippen LogP contribution in [-0.2, 0) is 12.8 Å². The molecule has 0 saturated carbocycles. The maximum Gasteiger partial charge on any atom is 0.270 e. The second-order valence-electron chi connectivity index (χ2n) is 5.72. The highest BCUT2D eigenvalue weighted by Gasteiger charge is 2.24. The highest BCUT2D eigenvalue weighted by molar-refractivity contribution is 5.96. The number of anilines is 1. The van der Waals surface area contributed by atoms with E-state index in [-0.39, 0.29) is 5.91 Å². The Hall–Kier alpha value is -3.29. The summed E-state index contributed by atoms with van der Waals surface area (Å²) in [6.45, 7) is 1.27. The predicted octanol–water partition coefficient (Wildman–Crippen LogP) is 1.20. The Bertz CT molecular complexity index is 878.